The molecule has 0 heterocycles. The number of rotatable bonds is 45. The van der Waals surface area contributed by atoms with Crippen molar-refractivity contribution in [3.63, 3.8) is 0 Å². The average Bonchev–Trinajstić information content (AvgIpc) is 3.24. The number of quaternary nitrogens is 1. The highest BCUT2D eigenvalue weighted by molar-refractivity contribution is 5.72. The Kier molecular flexibility index (Phi) is 43.0. The molecule has 0 aromatic carbocycles. The van der Waals surface area contributed by atoms with Gasteiger partial charge in [0.2, 0.25) is 0 Å². The first kappa shape index (κ1) is 59.8. The van der Waals surface area contributed by atoms with Gasteiger partial charge >= 0.3 is 17.9 Å². The van der Waals surface area contributed by atoms with Crippen molar-refractivity contribution in [2.75, 3.05) is 41.0 Å². The molecule has 0 radical (unpaired) electrons. The van der Waals surface area contributed by atoms with Gasteiger partial charge in [0.15, 0.2) is 12.1 Å². The number of hydrogen-bond donors (Lipinski definition) is 1. The lowest BCUT2D eigenvalue weighted by molar-refractivity contribution is -0.887. The van der Waals surface area contributed by atoms with E-state index in [1.807, 2.05) is 81.9 Å². The lowest BCUT2D eigenvalue weighted by atomic mass is 10.0. The van der Waals surface area contributed by atoms with Gasteiger partial charge < -0.3 is 23.8 Å². The van der Waals surface area contributed by atoms with Crippen LogP contribution in [0.1, 0.15) is 206 Å². The smallest absolute Gasteiger partial charge is 0.362 e. The van der Waals surface area contributed by atoms with Gasteiger partial charge in [0.25, 0.3) is 0 Å². The SMILES string of the molecule is CC/C=C/C=C/C=C/C=C/C=C/C=C/CCCCCC(=O)OC(COCCC(C(=O)O)[N+](C)(C)C)COC(=O)CCCCCCCCCCCCCCCCCCCCCCCC. The maximum Gasteiger partial charge on any atom is 0.362 e. The van der Waals surface area contributed by atoms with Crippen LogP contribution in [0, 0.1) is 0 Å². The molecule has 8 nitrogen and oxygen atoms in total. The fourth-order valence-electron chi connectivity index (χ4n) is 7.36. The fourth-order valence-corrected chi connectivity index (χ4v) is 7.36. The topological polar surface area (TPSA) is 99.1 Å². The maximum absolute atomic E-state index is 12.8. The van der Waals surface area contributed by atoms with Crippen molar-refractivity contribution in [2.24, 2.45) is 0 Å². The van der Waals surface area contributed by atoms with E-state index in [1.54, 1.807) is 0 Å². The predicted molar refractivity (Wildman–Crippen MR) is 266 cm³/mol. The minimum Gasteiger partial charge on any atom is -0.477 e. The number of allylic oxidation sites excluding steroid dienone is 12. The van der Waals surface area contributed by atoms with E-state index in [2.05, 4.69) is 26.0 Å². The van der Waals surface area contributed by atoms with Crippen LogP contribution >= 0.6 is 0 Å². The molecule has 0 saturated heterocycles. The van der Waals surface area contributed by atoms with Gasteiger partial charge in [-0.05, 0) is 32.1 Å². The van der Waals surface area contributed by atoms with Crippen molar-refractivity contribution in [2.45, 2.75) is 219 Å². The highest BCUT2D eigenvalue weighted by atomic mass is 16.6. The molecule has 0 bridgehead atoms. The molecule has 0 amide bonds. The number of carbonyl (C=O) groups excluding carboxylic acids is 2. The molecule has 0 aliphatic heterocycles. The first-order chi connectivity index (χ1) is 30.6. The third-order valence-electron chi connectivity index (χ3n) is 11.3. The Balaban J connectivity index is 4.28. The van der Waals surface area contributed by atoms with E-state index in [4.69, 9.17) is 14.2 Å². The molecule has 0 saturated carbocycles. The Morgan fingerprint density at radius 2 is 0.889 bits per heavy atom. The summed E-state index contributed by atoms with van der Waals surface area (Å²) in [6.45, 7) is 4.56. The molecular weight excluding hydrogens is 787 g/mol. The molecule has 2 unspecified atom stereocenters. The molecule has 0 rings (SSSR count). The standard InChI is InChI=1S/C55H95NO7/c1-6-8-10-12-14-16-18-20-22-24-25-26-27-28-30-31-33-35-37-39-41-43-45-53(57)62-50-51(49-61-48-47-52(55(59)60)56(3,4)5)63-54(58)46-44-42-40-38-36-34-32-29-23-21-19-17-15-13-11-9-7-2/h9,11,13,15,17,19,21,23,29,32,34,36,51-52H,6-8,10,12,14,16,18,20,22,24-28,30-31,33,35,37-50H2,1-5H3/p+1/b11-9+,15-13+,19-17+,23-21+,32-29+,36-34+. The van der Waals surface area contributed by atoms with Crippen molar-refractivity contribution in [3.8, 4) is 0 Å². The van der Waals surface area contributed by atoms with E-state index in [0.717, 1.165) is 44.9 Å². The summed E-state index contributed by atoms with van der Waals surface area (Å²) in [5.41, 5.74) is 0. The number of carbonyl (C=O) groups is 3. The van der Waals surface area contributed by atoms with Gasteiger partial charge in [-0.25, -0.2) is 4.79 Å². The number of carboxylic acids is 1. The summed E-state index contributed by atoms with van der Waals surface area (Å²) >= 11 is 0. The van der Waals surface area contributed by atoms with Crippen LogP contribution < -0.4 is 0 Å². The minimum atomic E-state index is -0.884. The summed E-state index contributed by atoms with van der Waals surface area (Å²) in [5, 5.41) is 9.65. The van der Waals surface area contributed by atoms with Crippen LogP contribution in [0.2, 0.25) is 0 Å². The summed E-state index contributed by atoms with van der Waals surface area (Å²) in [7, 11) is 5.51. The third kappa shape index (κ3) is 43.8. The van der Waals surface area contributed by atoms with Crippen LogP contribution in [-0.4, -0.2) is 80.6 Å². The van der Waals surface area contributed by atoms with Crippen molar-refractivity contribution < 1.29 is 38.2 Å². The molecule has 0 spiro atoms. The molecule has 63 heavy (non-hydrogen) atoms. The number of carboxylic acid groups (broad SMARTS) is 1. The Morgan fingerprint density at radius 1 is 0.492 bits per heavy atom. The monoisotopic (exact) mass is 883 g/mol. The lowest BCUT2D eigenvalue weighted by Gasteiger charge is -2.31. The summed E-state index contributed by atoms with van der Waals surface area (Å²) in [6, 6.07) is -0.626. The largest absolute Gasteiger partial charge is 0.477 e. The van der Waals surface area contributed by atoms with E-state index in [0.29, 0.717) is 19.3 Å². The quantitative estimate of drug-likeness (QED) is 0.0281. The molecule has 0 aliphatic carbocycles. The van der Waals surface area contributed by atoms with Crippen molar-refractivity contribution in [1.29, 1.82) is 0 Å². The van der Waals surface area contributed by atoms with Gasteiger partial charge in [-0.1, -0.05) is 228 Å². The number of esters is 2. The summed E-state index contributed by atoms with van der Waals surface area (Å²) in [4.78, 5) is 37.1. The van der Waals surface area contributed by atoms with Crippen LogP contribution in [0.4, 0.5) is 0 Å². The first-order valence-corrected chi connectivity index (χ1v) is 25.6. The molecule has 0 aromatic heterocycles. The Hall–Kier alpha value is -3.23. The Morgan fingerprint density at radius 3 is 1.32 bits per heavy atom. The van der Waals surface area contributed by atoms with Crippen molar-refractivity contribution in [1.82, 2.24) is 0 Å². The minimum absolute atomic E-state index is 0.0411. The summed E-state index contributed by atoms with van der Waals surface area (Å²) < 4.78 is 17.3. The zero-order chi connectivity index (χ0) is 46.3. The number of nitrogens with zero attached hydrogens (tertiary/aromatic N) is 1. The van der Waals surface area contributed by atoms with E-state index in [9.17, 15) is 19.5 Å². The number of ether oxygens (including phenoxy) is 3. The van der Waals surface area contributed by atoms with E-state index in [1.165, 1.54) is 122 Å². The predicted octanol–water partition coefficient (Wildman–Crippen LogP) is 14.7. The fraction of sp³-hybridized carbons (Fsp3) is 0.727. The van der Waals surface area contributed by atoms with Gasteiger partial charge in [0.05, 0.1) is 34.4 Å². The van der Waals surface area contributed by atoms with Crippen LogP contribution in [-0.2, 0) is 28.6 Å². The van der Waals surface area contributed by atoms with E-state index in [-0.39, 0.29) is 42.7 Å². The number of aliphatic carboxylic acids is 1. The van der Waals surface area contributed by atoms with Crippen LogP contribution in [0.25, 0.3) is 0 Å². The van der Waals surface area contributed by atoms with E-state index < -0.39 is 18.1 Å². The van der Waals surface area contributed by atoms with Crippen molar-refractivity contribution >= 4 is 17.9 Å². The molecule has 0 fully saturated rings. The normalized spacial score (nSPS) is 13.5. The van der Waals surface area contributed by atoms with Crippen LogP contribution in [0.15, 0.2) is 72.9 Å². The third-order valence-corrected chi connectivity index (χ3v) is 11.3. The van der Waals surface area contributed by atoms with Crippen LogP contribution in [0.3, 0.4) is 0 Å². The summed E-state index contributed by atoms with van der Waals surface area (Å²) in [5.74, 6) is -1.52. The van der Waals surface area contributed by atoms with Gasteiger partial charge in [0, 0.05) is 19.3 Å². The molecule has 0 aromatic rings. The van der Waals surface area contributed by atoms with Gasteiger partial charge in [-0.15, -0.1) is 0 Å². The second-order valence-corrected chi connectivity index (χ2v) is 18.2. The lowest BCUT2D eigenvalue weighted by Crippen LogP contribution is -2.50. The zero-order valence-electron chi connectivity index (χ0n) is 41.3. The molecule has 2 atom stereocenters. The zero-order valence-corrected chi connectivity index (χ0v) is 41.3. The average molecular weight is 883 g/mol. The summed E-state index contributed by atoms with van der Waals surface area (Å²) in [6.07, 6.45) is 58.2. The second kappa shape index (κ2) is 45.3. The molecule has 0 aliphatic rings. The molecule has 1 N–H and O–H groups in total. The number of hydrogen-bond acceptors (Lipinski definition) is 6. The van der Waals surface area contributed by atoms with E-state index >= 15 is 0 Å². The highest BCUT2D eigenvalue weighted by Gasteiger charge is 2.31. The molecular formula is C55H96NO7+. The van der Waals surface area contributed by atoms with Gasteiger partial charge in [-0.3, -0.25) is 9.59 Å². The Bertz CT molecular complexity index is 1260. The van der Waals surface area contributed by atoms with Gasteiger partial charge in [-0.2, -0.15) is 0 Å². The molecule has 362 valence electrons. The highest BCUT2D eigenvalue weighted by Crippen LogP contribution is 2.16. The Labute approximate surface area is 387 Å². The molecule has 8 heteroatoms. The maximum atomic E-state index is 12.8. The van der Waals surface area contributed by atoms with Crippen LogP contribution in [0.5, 0.6) is 0 Å². The first-order valence-electron chi connectivity index (χ1n) is 25.6. The van der Waals surface area contributed by atoms with Crippen molar-refractivity contribution in [3.05, 3.63) is 72.9 Å². The number of unbranched alkanes of at least 4 members (excludes halogenated alkanes) is 24. The number of likely N-dealkylation sites (N-methyl/N-ethyl adjacent to an activating group) is 1. The second-order valence-electron chi connectivity index (χ2n) is 18.2. The van der Waals surface area contributed by atoms with Gasteiger partial charge in [0.1, 0.15) is 6.61 Å².